The van der Waals surface area contributed by atoms with Gasteiger partial charge < -0.3 is 23.4 Å². The van der Waals surface area contributed by atoms with Gasteiger partial charge in [0.1, 0.15) is 41.7 Å². The number of methoxy groups -OCH3 is 2. The molecule has 0 N–H and O–H groups in total. The average molecular weight is 514 g/mol. The minimum Gasteiger partial charge on any atom is -0.496 e. The third-order valence-corrected chi connectivity index (χ3v) is 6.73. The molecule has 0 saturated heterocycles. The van der Waals surface area contributed by atoms with Crippen LogP contribution in [0.25, 0.3) is 27.4 Å². The second-order valence-corrected chi connectivity index (χ2v) is 9.19. The summed E-state index contributed by atoms with van der Waals surface area (Å²) in [5.74, 6) is 2.69. The number of fused-ring (bicyclic) bond motifs is 2. The van der Waals surface area contributed by atoms with Crippen LogP contribution >= 0.6 is 11.3 Å². The molecule has 0 aliphatic heterocycles. The summed E-state index contributed by atoms with van der Waals surface area (Å²) in [6, 6.07) is 23.6. The molecule has 8 nitrogen and oxygen atoms in total. The number of rotatable bonds is 9. The van der Waals surface area contributed by atoms with Crippen molar-refractivity contribution in [2.45, 2.75) is 13.2 Å². The Morgan fingerprint density at radius 1 is 0.838 bits per heavy atom. The van der Waals surface area contributed by atoms with Crippen molar-refractivity contribution in [3.63, 3.8) is 0 Å². The average Bonchev–Trinajstić information content (AvgIpc) is 3.65. The van der Waals surface area contributed by atoms with Gasteiger partial charge in [0.05, 0.1) is 25.8 Å². The second kappa shape index (κ2) is 9.87. The first kappa shape index (κ1) is 22.9. The van der Waals surface area contributed by atoms with Crippen molar-refractivity contribution >= 4 is 27.3 Å². The highest BCUT2D eigenvalue weighted by Crippen LogP contribution is 2.38. The molecular weight excluding hydrogens is 490 g/mol. The van der Waals surface area contributed by atoms with E-state index in [1.54, 1.807) is 24.9 Å². The van der Waals surface area contributed by atoms with Crippen LogP contribution in [0.5, 0.6) is 22.4 Å². The van der Waals surface area contributed by atoms with Crippen LogP contribution in [0.15, 0.2) is 83.4 Å². The van der Waals surface area contributed by atoms with Gasteiger partial charge in [-0.05, 0) is 40.7 Å². The van der Waals surface area contributed by atoms with Crippen LogP contribution in [0.3, 0.4) is 0 Å². The molecule has 0 aliphatic carbocycles. The van der Waals surface area contributed by atoms with Crippen LogP contribution in [-0.2, 0) is 13.2 Å². The molecule has 0 bridgehead atoms. The summed E-state index contributed by atoms with van der Waals surface area (Å²) in [4.78, 5) is 5.14. The smallest absolute Gasteiger partial charge is 0.294 e. The van der Waals surface area contributed by atoms with Crippen molar-refractivity contribution in [1.29, 1.82) is 0 Å². The van der Waals surface area contributed by atoms with Gasteiger partial charge in [-0.25, -0.2) is 4.98 Å². The fourth-order valence-corrected chi connectivity index (χ4v) is 4.69. The predicted octanol–water partition coefficient (Wildman–Crippen LogP) is 6.38. The molecule has 0 atom stereocenters. The number of hydrogen-bond acceptors (Lipinski definition) is 8. The summed E-state index contributed by atoms with van der Waals surface area (Å²) < 4.78 is 30.8. The number of furan rings is 1. The van der Waals surface area contributed by atoms with Crippen molar-refractivity contribution in [3.8, 4) is 33.9 Å². The van der Waals surface area contributed by atoms with Crippen LogP contribution < -0.4 is 18.9 Å². The lowest BCUT2D eigenvalue weighted by Crippen LogP contribution is -1.99. The van der Waals surface area contributed by atoms with Crippen molar-refractivity contribution in [1.82, 2.24) is 14.6 Å². The fraction of sp³-hybridized carbons (Fsp3) is 0.143. The standard InChI is InChI=1S/C28H23N3O5S/c1-32-21-12-24(35-17-19-9-6-10-20(11-19)34-16-18-7-4-3-5-8-18)22-14-26(36-25(22)13-21)23-15-29-27-31(23)30-28(33-2)37-27/h3-15H,16-17H2,1-2H3. The lowest BCUT2D eigenvalue weighted by molar-refractivity contribution is 0.296. The molecule has 9 heteroatoms. The quantitative estimate of drug-likeness (QED) is 0.222. The number of ether oxygens (including phenoxy) is 4. The zero-order valence-corrected chi connectivity index (χ0v) is 21.0. The molecule has 186 valence electrons. The van der Waals surface area contributed by atoms with E-state index < -0.39 is 0 Å². The Bertz CT molecular complexity index is 1670. The van der Waals surface area contributed by atoms with E-state index in [0.29, 0.717) is 41.2 Å². The zero-order chi connectivity index (χ0) is 25.2. The third-order valence-electron chi connectivity index (χ3n) is 5.84. The van der Waals surface area contributed by atoms with Crippen LogP contribution in [0, 0.1) is 0 Å². The summed E-state index contributed by atoms with van der Waals surface area (Å²) in [6.45, 7) is 0.859. The van der Waals surface area contributed by atoms with Gasteiger partial charge >= 0.3 is 0 Å². The molecule has 6 rings (SSSR count). The van der Waals surface area contributed by atoms with Gasteiger partial charge in [0.15, 0.2) is 5.76 Å². The first-order valence-electron chi connectivity index (χ1n) is 11.6. The highest BCUT2D eigenvalue weighted by atomic mass is 32.1. The molecule has 0 fully saturated rings. The van der Waals surface area contributed by atoms with E-state index in [9.17, 15) is 0 Å². The van der Waals surface area contributed by atoms with Crippen LogP contribution in [0.4, 0.5) is 0 Å². The van der Waals surface area contributed by atoms with E-state index in [-0.39, 0.29) is 0 Å². The number of aromatic nitrogens is 3. The minimum absolute atomic E-state index is 0.353. The Hall–Kier alpha value is -4.50. The normalized spacial score (nSPS) is 11.2. The van der Waals surface area contributed by atoms with E-state index >= 15 is 0 Å². The Kier molecular flexibility index (Phi) is 6.11. The maximum absolute atomic E-state index is 6.25. The van der Waals surface area contributed by atoms with Gasteiger partial charge in [0.2, 0.25) is 4.96 Å². The molecule has 0 saturated carbocycles. The first-order chi connectivity index (χ1) is 18.2. The highest BCUT2D eigenvalue weighted by molar-refractivity contribution is 7.18. The summed E-state index contributed by atoms with van der Waals surface area (Å²) >= 11 is 1.36. The van der Waals surface area contributed by atoms with E-state index in [1.807, 2.05) is 72.8 Å². The Labute approximate surface area is 216 Å². The molecule has 3 aromatic heterocycles. The van der Waals surface area contributed by atoms with Gasteiger partial charge in [-0.15, -0.1) is 5.10 Å². The molecule has 0 spiro atoms. The molecule has 0 aliphatic rings. The third kappa shape index (κ3) is 4.68. The lowest BCUT2D eigenvalue weighted by atomic mass is 10.2. The van der Waals surface area contributed by atoms with Crippen molar-refractivity contribution in [3.05, 3.63) is 90.1 Å². The maximum Gasteiger partial charge on any atom is 0.294 e. The number of nitrogens with zero attached hydrogens (tertiary/aromatic N) is 3. The Morgan fingerprint density at radius 3 is 2.51 bits per heavy atom. The minimum atomic E-state index is 0.353. The fourth-order valence-electron chi connectivity index (χ4n) is 4.00. The van der Waals surface area contributed by atoms with Crippen LogP contribution in [0.1, 0.15) is 11.1 Å². The molecule has 0 unspecified atom stereocenters. The molecule has 3 heterocycles. The van der Waals surface area contributed by atoms with E-state index in [4.69, 9.17) is 23.4 Å². The summed E-state index contributed by atoms with van der Waals surface area (Å²) in [5, 5.41) is 5.79. The maximum atomic E-state index is 6.25. The molecule has 0 radical (unpaired) electrons. The molecular formula is C28H23N3O5S. The summed E-state index contributed by atoms with van der Waals surface area (Å²) in [6.07, 6.45) is 1.73. The SMILES string of the molecule is COc1cc(OCc2cccc(OCc3ccccc3)c2)c2cc(-c3cnc4sc(OC)nn34)oc2c1. The Morgan fingerprint density at radius 2 is 1.68 bits per heavy atom. The van der Waals surface area contributed by atoms with E-state index in [1.165, 1.54) is 11.3 Å². The monoisotopic (exact) mass is 513 g/mol. The second-order valence-electron chi connectivity index (χ2n) is 8.27. The molecule has 0 amide bonds. The summed E-state index contributed by atoms with van der Waals surface area (Å²) in [7, 11) is 3.20. The van der Waals surface area contributed by atoms with Gasteiger partial charge in [0.25, 0.3) is 5.19 Å². The first-order valence-corrected chi connectivity index (χ1v) is 12.4. The number of benzene rings is 3. The van der Waals surface area contributed by atoms with Crippen molar-refractivity contribution in [2.75, 3.05) is 14.2 Å². The molecule has 3 aromatic carbocycles. The van der Waals surface area contributed by atoms with Gasteiger partial charge in [-0.3, -0.25) is 0 Å². The van der Waals surface area contributed by atoms with Gasteiger partial charge in [0, 0.05) is 12.1 Å². The van der Waals surface area contributed by atoms with Crippen LogP contribution in [-0.4, -0.2) is 28.8 Å². The van der Waals surface area contributed by atoms with Crippen LogP contribution in [0.2, 0.25) is 0 Å². The molecule has 37 heavy (non-hydrogen) atoms. The van der Waals surface area contributed by atoms with Gasteiger partial charge in [-0.2, -0.15) is 4.52 Å². The lowest BCUT2D eigenvalue weighted by Gasteiger charge is -2.11. The zero-order valence-electron chi connectivity index (χ0n) is 20.2. The summed E-state index contributed by atoms with van der Waals surface area (Å²) in [5.41, 5.74) is 3.46. The van der Waals surface area contributed by atoms with Crippen molar-refractivity contribution in [2.24, 2.45) is 0 Å². The topological polar surface area (TPSA) is 80.2 Å². The Balaban J connectivity index is 1.25. The highest BCUT2D eigenvalue weighted by Gasteiger charge is 2.18. The molecule has 6 aromatic rings. The van der Waals surface area contributed by atoms with Crippen molar-refractivity contribution < 1.29 is 23.4 Å². The number of imidazole rings is 1. The van der Waals surface area contributed by atoms with Gasteiger partial charge in [-0.1, -0.05) is 42.5 Å². The number of hydrogen-bond donors (Lipinski definition) is 0. The van der Waals surface area contributed by atoms with E-state index in [2.05, 4.69) is 10.1 Å². The van der Waals surface area contributed by atoms with E-state index in [0.717, 1.165) is 32.9 Å². The largest absolute Gasteiger partial charge is 0.496 e. The predicted molar refractivity (Wildman–Crippen MR) is 141 cm³/mol.